The summed E-state index contributed by atoms with van der Waals surface area (Å²) in [5, 5.41) is 16.6. The van der Waals surface area contributed by atoms with Gasteiger partial charge >= 0.3 is 21.1 Å². The molecular weight excluding hydrogens is 442 g/mol. The molecule has 0 amide bonds. The fourth-order valence-electron chi connectivity index (χ4n) is 1.08. The molecule has 0 unspecified atom stereocenters. The minimum atomic E-state index is 0. The number of aliphatic hydroxyl groups excluding tert-OH is 2. The molecule has 112 valence electrons. The fraction of sp³-hybridized carbons (Fsp3) is 1.00. The second-order valence-corrected chi connectivity index (χ2v) is 3.57. The Morgan fingerprint density at radius 3 is 1.06 bits per heavy atom. The molecule has 0 aromatic rings. The van der Waals surface area contributed by atoms with E-state index in [0.717, 1.165) is 12.8 Å². The molecule has 0 fully saturated rings. The van der Waals surface area contributed by atoms with Crippen LogP contribution >= 0.6 is 0 Å². The van der Waals surface area contributed by atoms with Crippen LogP contribution in [0.4, 0.5) is 0 Å². The van der Waals surface area contributed by atoms with Gasteiger partial charge in [-0.15, -0.1) is 0 Å². The summed E-state index contributed by atoms with van der Waals surface area (Å²) in [5.74, 6) is 0. The Labute approximate surface area is 134 Å². The smallest absolute Gasteiger partial charge is 1.00 e. The maximum atomic E-state index is 8.29. The molecule has 0 aliphatic heterocycles. The Kier molecular flexibility index (Phi) is 65.4. The molecule has 0 atom stereocenters. The van der Waals surface area contributed by atoms with Crippen LogP contribution in [0.5, 0.6) is 0 Å². The second kappa shape index (κ2) is 36.0. The van der Waals surface area contributed by atoms with Gasteiger partial charge < -0.3 is 35.0 Å². The Balaban J connectivity index is -0.0000000480. The first kappa shape index (κ1) is 30.9. The Morgan fingerprint density at radius 1 is 0.588 bits per heavy atom. The van der Waals surface area contributed by atoms with Gasteiger partial charge in [0, 0.05) is 13.2 Å². The number of hydrogen-bond donors (Lipinski definition) is 2. The van der Waals surface area contributed by atoms with Crippen LogP contribution in [-0.2, 0) is 21.1 Å². The van der Waals surface area contributed by atoms with E-state index < -0.39 is 0 Å². The molecule has 0 saturated carbocycles. The zero-order valence-corrected chi connectivity index (χ0v) is 14.8. The Hall–Kier alpha value is 1.19. The number of aliphatic hydroxyl groups is 2. The molecular formula is C12H28Cl2O2Pt. The first-order valence-corrected chi connectivity index (χ1v) is 6.05. The zero-order valence-electron chi connectivity index (χ0n) is 11.0. The normalized spacial score (nSPS) is 7.76. The summed E-state index contributed by atoms with van der Waals surface area (Å²) in [5.41, 5.74) is 0. The molecule has 2 N–H and O–H groups in total. The van der Waals surface area contributed by atoms with E-state index in [0.29, 0.717) is 13.2 Å². The minimum Gasteiger partial charge on any atom is -1.00 e. The molecule has 2 nitrogen and oxygen atoms in total. The van der Waals surface area contributed by atoms with Crippen molar-refractivity contribution in [1.29, 1.82) is 0 Å². The SMILES string of the molecule is CCCCCCO.CCCCCCO.[Cl-].[Cl-].[Pt+2]. The van der Waals surface area contributed by atoms with Crippen LogP contribution in [0.15, 0.2) is 0 Å². The van der Waals surface area contributed by atoms with Crippen LogP contribution < -0.4 is 24.8 Å². The van der Waals surface area contributed by atoms with Crippen molar-refractivity contribution in [3.8, 4) is 0 Å². The average molecular weight is 470 g/mol. The molecule has 0 bridgehead atoms. The van der Waals surface area contributed by atoms with Crippen molar-refractivity contribution in [1.82, 2.24) is 0 Å². The molecule has 0 aromatic heterocycles. The van der Waals surface area contributed by atoms with E-state index in [2.05, 4.69) is 13.8 Å². The van der Waals surface area contributed by atoms with E-state index in [9.17, 15) is 0 Å². The van der Waals surface area contributed by atoms with Gasteiger partial charge in [-0.05, 0) is 12.8 Å². The summed E-state index contributed by atoms with van der Waals surface area (Å²) in [6.45, 7) is 5.05. The van der Waals surface area contributed by atoms with Crippen LogP contribution in [-0.4, -0.2) is 23.4 Å². The summed E-state index contributed by atoms with van der Waals surface area (Å²) in [6, 6.07) is 0. The molecule has 0 heterocycles. The van der Waals surface area contributed by atoms with Crippen LogP contribution in [0.25, 0.3) is 0 Å². The quantitative estimate of drug-likeness (QED) is 0.375. The fourth-order valence-corrected chi connectivity index (χ4v) is 1.08. The van der Waals surface area contributed by atoms with Crippen molar-refractivity contribution in [2.75, 3.05) is 13.2 Å². The van der Waals surface area contributed by atoms with E-state index in [-0.39, 0.29) is 45.9 Å². The monoisotopic (exact) mass is 469 g/mol. The largest absolute Gasteiger partial charge is 2.00 e. The van der Waals surface area contributed by atoms with E-state index in [1.165, 1.54) is 38.5 Å². The van der Waals surface area contributed by atoms with E-state index in [1.807, 2.05) is 0 Å². The van der Waals surface area contributed by atoms with Crippen LogP contribution in [0.2, 0.25) is 0 Å². The Bertz CT molecular complexity index is 70.9. The predicted molar refractivity (Wildman–Crippen MR) is 62.5 cm³/mol. The van der Waals surface area contributed by atoms with Crippen molar-refractivity contribution >= 4 is 0 Å². The van der Waals surface area contributed by atoms with Gasteiger partial charge in [0.1, 0.15) is 0 Å². The standard InChI is InChI=1S/2C6H14O.2ClH.Pt/c2*1-2-3-4-5-6-7;;;/h2*7H,2-6H2,1H3;2*1H;/q;;;;+2/p-2. The molecule has 0 aliphatic carbocycles. The number of hydrogen-bond acceptors (Lipinski definition) is 2. The summed E-state index contributed by atoms with van der Waals surface area (Å²) in [7, 11) is 0. The van der Waals surface area contributed by atoms with E-state index >= 15 is 0 Å². The van der Waals surface area contributed by atoms with Crippen LogP contribution in [0, 0.1) is 0 Å². The van der Waals surface area contributed by atoms with Crippen molar-refractivity contribution in [3.05, 3.63) is 0 Å². The molecule has 0 rings (SSSR count). The summed E-state index contributed by atoms with van der Waals surface area (Å²) in [4.78, 5) is 0. The third-order valence-corrected chi connectivity index (χ3v) is 2.02. The molecule has 0 aromatic carbocycles. The zero-order chi connectivity index (χ0) is 11.1. The first-order chi connectivity index (χ1) is 6.83. The third kappa shape index (κ3) is 47.0. The molecule has 0 radical (unpaired) electrons. The van der Waals surface area contributed by atoms with Crippen LogP contribution in [0.3, 0.4) is 0 Å². The average Bonchev–Trinajstić information content (AvgIpc) is 2.21. The first-order valence-electron chi connectivity index (χ1n) is 6.05. The number of halogens is 2. The van der Waals surface area contributed by atoms with Gasteiger partial charge in [0.05, 0.1) is 0 Å². The van der Waals surface area contributed by atoms with Crippen molar-refractivity contribution in [3.63, 3.8) is 0 Å². The second-order valence-electron chi connectivity index (χ2n) is 3.57. The maximum Gasteiger partial charge on any atom is 2.00 e. The van der Waals surface area contributed by atoms with E-state index in [1.54, 1.807) is 0 Å². The van der Waals surface area contributed by atoms with Gasteiger partial charge in [-0.1, -0.05) is 52.4 Å². The molecule has 0 aliphatic rings. The third-order valence-electron chi connectivity index (χ3n) is 2.02. The van der Waals surface area contributed by atoms with Gasteiger partial charge in [0.2, 0.25) is 0 Å². The van der Waals surface area contributed by atoms with Gasteiger partial charge in [0.15, 0.2) is 0 Å². The van der Waals surface area contributed by atoms with Gasteiger partial charge in [0.25, 0.3) is 0 Å². The number of unbranched alkanes of at least 4 members (excludes halogenated alkanes) is 6. The Morgan fingerprint density at radius 2 is 0.882 bits per heavy atom. The van der Waals surface area contributed by atoms with Gasteiger partial charge in [-0.2, -0.15) is 0 Å². The molecule has 0 spiro atoms. The van der Waals surface area contributed by atoms with Crippen molar-refractivity contribution in [2.45, 2.75) is 65.2 Å². The van der Waals surface area contributed by atoms with Gasteiger partial charge in [-0.25, -0.2) is 0 Å². The summed E-state index contributed by atoms with van der Waals surface area (Å²) >= 11 is 0. The van der Waals surface area contributed by atoms with E-state index in [4.69, 9.17) is 10.2 Å². The summed E-state index contributed by atoms with van der Waals surface area (Å²) < 4.78 is 0. The number of rotatable bonds is 8. The molecule has 5 heteroatoms. The molecule has 17 heavy (non-hydrogen) atoms. The van der Waals surface area contributed by atoms with Crippen LogP contribution in [0.1, 0.15) is 65.2 Å². The molecule has 0 saturated heterocycles. The predicted octanol–water partition coefficient (Wildman–Crippen LogP) is -2.88. The maximum absolute atomic E-state index is 8.29. The van der Waals surface area contributed by atoms with Crippen molar-refractivity contribution < 1.29 is 56.1 Å². The topological polar surface area (TPSA) is 40.5 Å². The minimum absolute atomic E-state index is 0. The van der Waals surface area contributed by atoms with Gasteiger partial charge in [-0.3, -0.25) is 0 Å². The summed E-state index contributed by atoms with van der Waals surface area (Å²) in [6.07, 6.45) is 9.36. The van der Waals surface area contributed by atoms with Crippen molar-refractivity contribution in [2.24, 2.45) is 0 Å².